The topological polar surface area (TPSA) is 64.9 Å². The molecule has 0 aromatic heterocycles. The first-order chi connectivity index (χ1) is 13.7. The summed E-state index contributed by atoms with van der Waals surface area (Å²) >= 11 is 6.15. The summed E-state index contributed by atoms with van der Waals surface area (Å²) in [6, 6.07) is 26.8. The molecule has 0 aliphatic carbocycles. The standard InChI is InChI=1S/C23H20ClN3O/c24-20-8-4-7-19(15-20)23(18-5-2-1-3-6-18)26-16-22(28)27-21-11-9-17(10-12-21)13-14-25/h1-12,15,23,26H,13,16H2,(H,27,28). The highest BCUT2D eigenvalue weighted by molar-refractivity contribution is 6.30. The summed E-state index contributed by atoms with van der Waals surface area (Å²) in [4.78, 5) is 12.4. The van der Waals surface area contributed by atoms with E-state index in [1.165, 1.54) is 0 Å². The molecule has 0 saturated carbocycles. The van der Waals surface area contributed by atoms with Crippen LogP contribution in [0.3, 0.4) is 0 Å². The number of hydrogen-bond donors (Lipinski definition) is 2. The molecule has 3 rings (SSSR count). The molecule has 0 aliphatic rings. The second-order valence-corrected chi connectivity index (χ2v) is 6.80. The van der Waals surface area contributed by atoms with E-state index in [0.717, 1.165) is 16.7 Å². The van der Waals surface area contributed by atoms with Gasteiger partial charge in [0.15, 0.2) is 0 Å². The van der Waals surface area contributed by atoms with Crippen LogP contribution in [-0.2, 0) is 11.2 Å². The molecule has 3 aromatic rings. The first-order valence-electron chi connectivity index (χ1n) is 8.95. The van der Waals surface area contributed by atoms with Crippen molar-refractivity contribution in [1.82, 2.24) is 5.32 Å². The van der Waals surface area contributed by atoms with Gasteiger partial charge in [0.05, 0.1) is 25.1 Å². The number of anilines is 1. The summed E-state index contributed by atoms with van der Waals surface area (Å²) in [5, 5.41) is 15.6. The summed E-state index contributed by atoms with van der Waals surface area (Å²) in [5.74, 6) is -0.143. The van der Waals surface area contributed by atoms with Crippen LogP contribution in [0.15, 0.2) is 78.9 Å². The third kappa shape index (κ3) is 5.43. The number of nitrogens with zero attached hydrogens (tertiary/aromatic N) is 1. The molecule has 0 bridgehead atoms. The quantitative estimate of drug-likeness (QED) is 0.614. The Labute approximate surface area is 169 Å². The Morgan fingerprint density at radius 3 is 2.36 bits per heavy atom. The van der Waals surface area contributed by atoms with Crippen LogP contribution in [0.5, 0.6) is 0 Å². The highest BCUT2D eigenvalue weighted by Crippen LogP contribution is 2.24. The Balaban J connectivity index is 1.68. The van der Waals surface area contributed by atoms with Crippen molar-refractivity contribution in [1.29, 1.82) is 5.26 Å². The van der Waals surface area contributed by atoms with Crippen molar-refractivity contribution in [3.63, 3.8) is 0 Å². The molecule has 3 aromatic carbocycles. The number of nitriles is 1. The Morgan fingerprint density at radius 2 is 1.68 bits per heavy atom. The van der Waals surface area contributed by atoms with Gasteiger partial charge in [0.25, 0.3) is 0 Å². The van der Waals surface area contributed by atoms with Crippen molar-refractivity contribution in [2.24, 2.45) is 0 Å². The molecule has 1 atom stereocenters. The van der Waals surface area contributed by atoms with E-state index < -0.39 is 0 Å². The van der Waals surface area contributed by atoms with Crippen LogP contribution in [-0.4, -0.2) is 12.5 Å². The number of carbonyl (C=O) groups excluding carboxylic acids is 1. The lowest BCUT2D eigenvalue weighted by Crippen LogP contribution is -2.31. The molecule has 0 fully saturated rings. The maximum Gasteiger partial charge on any atom is 0.238 e. The number of nitrogens with one attached hydrogen (secondary N) is 2. The molecule has 0 spiro atoms. The van der Waals surface area contributed by atoms with Gasteiger partial charge in [-0.25, -0.2) is 0 Å². The molecule has 0 radical (unpaired) electrons. The van der Waals surface area contributed by atoms with Crippen LogP contribution in [0.2, 0.25) is 5.02 Å². The van der Waals surface area contributed by atoms with Crippen LogP contribution < -0.4 is 10.6 Å². The molecule has 140 valence electrons. The lowest BCUT2D eigenvalue weighted by atomic mass is 9.99. The molecular formula is C23H20ClN3O. The fourth-order valence-corrected chi connectivity index (χ4v) is 3.16. The number of halogens is 1. The zero-order valence-corrected chi connectivity index (χ0v) is 16.0. The monoisotopic (exact) mass is 389 g/mol. The van der Waals surface area contributed by atoms with Crippen molar-refractivity contribution in [2.75, 3.05) is 11.9 Å². The zero-order valence-electron chi connectivity index (χ0n) is 15.2. The molecular weight excluding hydrogens is 370 g/mol. The van der Waals surface area contributed by atoms with Gasteiger partial charge in [-0.3, -0.25) is 10.1 Å². The number of rotatable bonds is 7. The minimum atomic E-state index is -0.149. The van der Waals surface area contributed by atoms with Gasteiger partial charge in [-0.2, -0.15) is 5.26 Å². The highest BCUT2D eigenvalue weighted by atomic mass is 35.5. The van der Waals surface area contributed by atoms with Gasteiger partial charge in [0, 0.05) is 10.7 Å². The average Bonchev–Trinajstić information content (AvgIpc) is 2.71. The molecule has 28 heavy (non-hydrogen) atoms. The second-order valence-electron chi connectivity index (χ2n) is 6.36. The van der Waals surface area contributed by atoms with Crippen LogP contribution >= 0.6 is 11.6 Å². The molecule has 1 amide bonds. The van der Waals surface area contributed by atoms with E-state index in [4.69, 9.17) is 16.9 Å². The fourth-order valence-electron chi connectivity index (χ4n) is 2.96. The van der Waals surface area contributed by atoms with E-state index >= 15 is 0 Å². The molecule has 2 N–H and O–H groups in total. The minimum Gasteiger partial charge on any atom is -0.325 e. The highest BCUT2D eigenvalue weighted by Gasteiger charge is 2.15. The van der Waals surface area contributed by atoms with E-state index in [-0.39, 0.29) is 18.5 Å². The second kappa shape index (κ2) is 9.70. The third-order valence-electron chi connectivity index (χ3n) is 4.30. The predicted molar refractivity (Wildman–Crippen MR) is 112 cm³/mol. The Bertz CT molecular complexity index is 965. The van der Waals surface area contributed by atoms with Crippen LogP contribution in [0, 0.1) is 11.3 Å². The molecule has 0 aliphatic heterocycles. The van der Waals surface area contributed by atoms with Gasteiger partial charge in [0.1, 0.15) is 0 Å². The van der Waals surface area contributed by atoms with Gasteiger partial charge in [0.2, 0.25) is 5.91 Å². The van der Waals surface area contributed by atoms with Gasteiger partial charge in [-0.15, -0.1) is 0 Å². The van der Waals surface area contributed by atoms with E-state index in [1.54, 1.807) is 12.1 Å². The number of carbonyl (C=O) groups is 1. The summed E-state index contributed by atoms with van der Waals surface area (Å²) in [5.41, 5.74) is 3.67. The summed E-state index contributed by atoms with van der Waals surface area (Å²) in [7, 11) is 0. The van der Waals surface area contributed by atoms with Gasteiger partial charge < -0.3 is 5.32 Å². The van der Waals surface area contributed by atoms with Crippen molar-refractivity contribution in [3.8, 4) is 6.07 Å². The van der Waals surface area contributed by atoms with Crippen molar-refractivity contribution in [2.45, 2.75) is 12.5 Å². The summed E-state index contributed by atoms with van der Waals surface area (Å²) < 4.78 is 0. The van der Waals surface area contributed by atoms with Crippen molar-refractivity contribution < 1.29 is 4.79 Å². The smallest absolute Gasteiger partial charge is 0.238 e. The molecule has 0 saturated heterocycles. The predicted octanol–water partition coefficient (Wildman–Crippen LogP) is 4.72. The van der Waals surface area contributed by atoms with E-state index in [9.17, 15) is 4.79 Å². The minimum absolute atomic E-state index is 0.143. The zero-order chi connectivity index (χ0) is 19.8. The van der Waals surface area contributed by atoms with E-state index in [2.05, 4.69) is 16.7 Å². The van der Waals surface area contributed by atoms with Gasteiger partial charge in [-0.05, 0) is 41.0 Å². The Morgan fingerprint density at radius 1 is 0.964 bits per heavy atom. The van der Waals surface area contributed by atoms with Gasteiger partial charge >= 0.3 is 0 Å². The van der Waals surface area contributed by atoms with Crippen LogP contribution in [0.1, 0.15) is 22.7 Å². The van der Waals surface area contributed by atoms with Gasteiger partial charge in [-0.1, -0.05) is 66.2 Å². The molecule has 0 heterocycles. The fraction of sp³-hybridized carbons (Fsp3) is 0.130. The number of hydrogen-bond acceptors (Lipinski definition) is 3. The largest absolute Gasteiger partial charge is 0.325 e. The van der Waals surface area contributed by atoms with Crippen molar-refractivity contribution in [3.05, 3.63) is 101 Å². The van der Waals surface area contributed by atoms with Crippen LogP contribution in [0.4, 0.5) is 5.69 Å². The molecule has 1 unspecified atom stereocenters. The maximum absolute atomic E-state index is 12.4. The van der Waals surface area contributed by atoms with E-state index in [0.29, 0.717) is 17.1 Å². The van der Waals surface area contributed by atoms with Crippen molar-refractivity contribution >= 4 is 23.2 Å². The molecule has 4 nitrogen and oxygen atoms in total. The Kier molecular flexibility index (Phi) is 6.80. The number of benzene rings is 3. The lowest BCUT2D eigenvalue weighted by molar-refractivity contribution is -0.115. The maximum atomic E-state index is 12.4. The summed E-state index contributed by atoms with van der Waals surface area (Å²) in [6.45, 7) is 0.145. The first-order valence-corrected chi connectivity index (χ1v) is 9.33. The Hall–Kier alpha value is -3.13. The SMILES string of the molecule is N#CCc1ccc(NC(=O)CNC(c2ccccc2)c2cccc(Cl)c2)cc1. The van der Waals surface area contributed by atoms with E-state index in [1.807, 2.05) is 66.7 Å². The number of amides is 1. The molecule has 5 heteroatoms. The lowest BCUT2D eigenvalue weighted by Gasteiger charge is -2.20. The normalized spacial score (nSPS) is 11.4. The third-order valence-corrected chi connectivity index (χ3v) is 4.54. The van der Waals surface area contributed by atoms with Crippen LogP contribution in [0.25, 0.3) is 0 Å². The first kappa shape index (κ1) is 19.6. The summed E-state index contributed by atoms with van der Waals surface area (Å²) in [6.07, 6.45) is 0.355. The average molecular weight is 390 g/mol.